The molecular formula is C27H25N5O5. The van der Waals surface area contributed by atoms with Crippen molar-refractivity contribution in [1.29, 1.82) is 0 Å². The molecule has 4 aromatic rings. The van der Waals surface area contributed by atoms with Gasteiger partial charge < -0.3 is 24.8 Å². The molecule has 0 aliphatic carbocycles. The maximum Gasteiger partial charge on any atom is 0.334 e. The first-order chi connectivity index (χ1) is 18.0. The topological polar surface area (TPSA) is 114 Å². The van der Waals surface area contributed by atoms with Crippen molar-refractivity contribution in [3.63, 3.8) is 0 Å². The number of fused-ring (bicyclic) bond motifs is 2. The second-order valence-electron chi connectivity index (χ2n) is 8.95. The van der Waals surface area contributed by atoms with Crippen LogP contribution in [-0.4, -0.2) is 44.8 Å². The number of nitrogens with zero attached hydrogens (tertiary/aromatic N) is 4. The van der Waals surface area contributed by atoms with Crippen molar-refractivity contribution in [2.45, 2.75) is 18.9 Å². The number of nitrogens with two attached hydrogens (primary N) is 1. The Balaban J connectivity index is 1.36. The minimum Gasteiger partial charge on any atom is -0.457 e. The maximum absolute atomic E-state index is 13.8. The van der Waals surface area contributed by atoms with Crippen LogP contribution in [0.3, 0.4) is 0 Å². The molecule has 0 spiro atoms. The summed E-state index contributed by atoms with van der Waals surface area (Å²) in [6.07, 6.45) is 4.46. The number of hydrogen-bond acceptors (Lipinski definition) is 7. The third kappa shape index (κ3) is 3.96. The molecule has 188 valence electrons. The van der Waals surface area contributed by atoms with E-state index in [1.165, 1.54) is 6.08 Å². The largest absolute Gasteiger partial charge is 0.457 e. The van der Waals surface area contributed by atoms with Crippen LogP contribution in [0.1, 0.15) is 18.9 Å². The van der Waals surface area contributed by atoms with Crippen LogP contribution in [-0.2, 0) is 4.79 Å². The predicted octanol–water partition coefficient (Wildman–Crippen LogP) is 3.64. The molecule has 0 bridgehead atoms. The number of aromatic nitrogens is 3. The Kier molecular flexibility index (Phi) is 5.56. The maximum atomic E-state index is 13.8. The Morgan fingerprint density at radius 1 is 1.11 bits per heavy atom. The monoisotopic (exact) mass is 499 g/mol. The summed E-state index contributed by atoms with van der Waals surface area (Å²) < 4.78 is 20.0. The Hall–Kier alpha value is -4.73. The van der Waals surface area contributed by atoms with Crippen LogP contribution in [0.2, 0.25) is 0 Å². The van der Waals surface area contributed by atoms with Gasteiger partial charge in [-0.05, 0) is 61.4 Å². The standard InChI is InChI=1S/C27H25N5O5/c1-2-24(33)30-13-3-4-18(15-30)31-21-11-12-29-26(28)25(21)32(27(31)34)17-5-7-19(8-6-17)37-20-9-10-22-23(14-20)36-16-35-22/h2,5-12,14,18H,1,3-4,13,15-16H2,(H2,28,29)/t18-/m1/s1. The summed E-state index contributed by atoms with van der Waals surface area (Å²) in [4.78, 5) is 32.0. The van der Waals surface area contributed by atoms with Gasteiger partial charge in [0.25, 0.3) is 0 Å². The second kappa shape index (κ2) is 9.05. The average Bonchev–Trinajstić information content (AvgIpc) is 3.51. The highest BCUT2D eigenvalue weighted by Gasteiger charge is 2.28. The number of pyridine rings is 1. The lowest BCUT2D eigenvalue weighted by Crippen LogP contribution is -2.42. The van der Waals surface area contributed by atoms with Gasteiger partial charge in [-0.15, -0.1) is 0 Å². The van der Waals surface area contributed by atoms with Crippen molar-refractivity contribution in [2.75, 3.05) is 25.6 Å². The van der Waals surface area contributed by atoms with Gasteiger partial charge in [-0.25, -0.2) is 9.78 Å². The first-order valence-electron chi connectivity index (χ1n) is 12.0. The molecule has 10 nitrogen and oxygen atoms in total. The summed E-state index contributed by atoms with van der Waals surface area (Å²) in [6.45, 7) is 4.85. The molecule has 2 aliphatic heterocycles. The van der Waals surface area contributed by atoms with Gasteiger partial charge in [-0.3, -0.25) is 13.9 Å². The van der Waals surface area contributed by atoms with Crippen LogP contribution in [0.5, 0.6) is 23.0 Å². The van der Waals surface area contributed by atoms with Crippen molar-refractivity contribution in [3.8, 4) is 28.7 Å². The lowest BCUT2D eigenvalue weighted by atomic mass is 10.1. The van der Waals surface area contributed by atoms with E-state index in [-0.39, 0.29) is 30.2 Å². The number of piperidine rings is 1. The minimum absolute atomic E-state index is 0.138. The number of carbonyl (C=O) groups is 1. The Bertz CT molecular complexity index is 1570. The van der Waals surface area contributed by atoms with Crippen molar-refractivity contribution >= 4 is 22.8 Å². The average molecular weight is 500 g/mol. The zero-order chi connectivity index (χ0) is 25.5. The van der Waals surface area contributed by atoms with Gasteiger partial charge >= 0.3 is 5.69 Å². The molecule has 6 rings (SSSR count). The summed E-state index contributed by atoms with van der Waals surface area (Å²) in [5, 5.41) is 0. The van der Waals surface area contributed by atoms with Gasteiger partial charge in [0.05, 0.1) is 17.2 Å². The van der Waals surface area contributed by atoms with E-state index >= 15 is 0 Å². The van der Waals surface area contributed by atoms with Crippen molar-refractivity contribution in [3.05, 3.63) is 77.9 Å². The third-order valence-corrected chi connectivity index (χ3v) is 6.73. The van der Waals surface area contributed by atoms with Crippen LogP contribution in [0.4, 0.5) is 5.82 Å². The number of amides is 1. The number of carbonyl (C=O) groups excluding carboxylic acids is 1. The fourth-order valence-corrected chi connectivity index (χ4v) is 5.02. The van der Waals surface area contributed by atoms with E-state index in [4.69, 9.17) is 19.9 Å². The number of nitrogen functional groups attached to an aromatic ring is 1. The highest BCUT2D eigenvalue weighted by Crippen LogP contribution is 2.37. The molecule has 2 aliphatic rings. The number of anilines is 1. The first-order valence-corrected chi connectivity index (χ1v) is 12.0. The van der Waals surface area contributed by atoms with Crippen LogP contribution in [0.25, 0.3) is 16.7 Å². The van der Waals surface area contributed by atoms with Crippen molar-refractivity contribution < 1.29 is 19.0 Å². The number of likely N-dealkylation sites (tertiary alicyclic amines) is 1. The smallest absolute Gasteiger partial charge is 0.334 e. The Morgan fingerprint density at radius 3 is 2.70 bits per heavy atom. The number of imidazole rings is 1. The fraction of sp³-hybridized carbons (Fsp3) is 0.222. The molecule has 1 fully saturated rings. The van der Waals surface area contributed by atoms with Crippen LogP contribution in [0.15, 0.2) is 72.2 Å². The molecule has 0 unspecified atom stereocenters. The van der Waals surface area contributed by atoms with Crippen LogP contribution in [0, 0.1) is 0 Å². The molecule has 2 N–H and O–H groups in total. The van der Waals surface area contributed by atoms with E-state index in [1.54, 1.807) is 68.8 Å². The lowest BCUT2D eigenvalue weighted by Gasteiger charge is -2.32. The van der Waals surface area contributed by atoms with Crippen molar-refractivity contribution in [1.82, 2.24) is 19.0 Å². The molecular weight excluding hydrogens is 474 g/mol. The highest BCUT2D eigenvalue weighted by molar-refractivity contribution is 5.88. The summed E-state index contributed by atoms with van der Waals surface area (Å²) in [7, 11) is 0. The number of benzene rings is 2. The van der Waals surface area contributed by atoms with E-state index in [9.17, 15) is 9.59 Å². The third-order valence-electron chi connectivity index (χ3n) is 6.73. The van der Waals surface area contributed by atoms with Gasteiger partial charge in [0.2, 0.25) is 12.7 Å². The molecule has 1 atom stereocenters. The highest BCUT2D eigenvalue weighted by atomic mass is 16.7. The minimum atomic E-state index is -0.239. The second-order valence-corrected chi connectivity index (χ2v) is 8.95. The summed E-state index contributed by atoms with van der Waals surface area (Å²) in [5.41, 5.74) is 7.87. The van der Waals surface area contributed by atoms with Crippen LogP contribution >= 0.6 is 0 Å². The molecule has 10 heteroatoms. The molecule has 0 radical (unpaired) electrons. The van der Waals surface area contributed by atoms with E-state index in [0.717, 1.165) is 12.8 Å². The quantitative estimate of drug-likeness (QED) is 0.417. The van der Waals surface area contributed by atoms with Gasteiger partial charge in [-0.1, -0.05) is 6.58 Å². The zero-order valence-corrected chi connectivity index (χ0v) is 20.0. The SMILES string of the molecule is C=CC(=O)N1CCC[C@@H](n2c(=O)n(-c3ccc(Oc4ccc5c(c4)OCO5)cc3)c3c(N)nccc32)C1. The van der Waals surface area contributed by atoms with Crippen molar-refractivity contribution in [2.24, 2.45) is 0 Å². The molecule has 0 saturated carbocycles. The van der Waals surface area contributed by atoms with Gasteiger partial charge in [-0.2, -0.15) is 0 Å². The summed E-state index contributed by atoms with van der Waals surface area (Å²) in [5.74, 6) is 2.63. The van der Waals surface area contributed by atoms with Gasteiger partial charge in [0.15, 0.2) is 11.5 Å². The number of hydrogen-bond donors (Lipinski definition) is 1. The predicted molar refractivity (Wildman–Crippen MR) is 137 cm³/mol. The normalized spacial score (nSPS) is 16.6. The molecule has 4 heterocycles. The van der Waals surface area contributed by atoms with Gasteiger partial charge in [0, 0.05) is 25.4 Å². The fourth-order valence-electron chi connectivity index (χ4n) is 5.02. The van der Waals surface area contributed by atoms with E-state index in [0.29, 0.717) is 52.8 Å². The summed E-state index contributed by atoms with van der Waals surface area (Å²) in [6, 6.07) is 14.1. The van der Waals surface area contributed by atoms with Crippen LogP contribution < -0.4 is 25.6 Å². The molecule has 1 saturated heterocycles. The van der Waals surface area contributed by atoms with Gasteiger partial charge in [0.1, 0.15) is 22.8 Å². The van der Waals surface area contributed by atoms with E-state index in [2.05, 4.69) is 11.6 Å². The summed E-state index contributed by atoms with van der Waals surface area (Å²) >= 11 is 0. The molecule has 37 heavy (non-hydrogen) atoms. The molecule has 2 aromatic heterocycles. The number of ether oxygens (including phenoxy) is 3. The molecule has 1 amide bonds. The number of rotatable bonds is 5. The van der Waals surface area contributed by atoms with E-state index < -0.39 is 0 Å². The Labute approximate surface area is 212 Å². The lowest BCUT2D eigenvalue weighted by molar-refractivity contribution is -0.127. The molecule has 2 aromatic carbocycles. The van der Waals surface area contributed by atoms with E-state index in [1.807, 2.05) is 0 Å². The zero-order valence-electron chi connectivity index (χ0n) is 20.0. The first kappa shape index (κ1) is 22.7. The Morgan fingerprint density at radius 2 is 1.89 bits per heavy atom.